The zero-order valence-corrected chi connectivity index (χ0v) is 14.2. The number of piperidine rings is 1. The van der Waals surface area contributed by atoms with E-state index in [0.717, 1.165) is 5.56 Å². The molecule has 0 saturated carbocycles. The average Bonchev–Trinajstić information content (AvgIpc) is 2.57. The first-order chi connectivity index (χ1) is 11.4. The largest absolute Gasteiger partial charge is 0.393 e. The molecule has 0 spiro atoms. The zero-order chi connectivity index (χ0) is 17.3. The van der Waals surface area contributed by atoms with Crippen molar-refractivity contribution in [2.45, 2.75) is 38.4 Å². The molecule has 0 aliphatic carbocycles. The molecule has 0 unspecified atom stereocenters. The molecule has 1 heterocycles. The van der Waals surface area contributed by atoms with Gasteiger partial charge in [-0.3, -0.25) is 4.90 Å². The topological polar surface area (TPSA) is 23.5 Å². The van der Waals surface area contributed by atoms with Crippen LogP contribution in [0.2, 0.25) is 0 Å². The second kappa shape index (κ2) is 6.86. The van der Waals surface area contributed by atoms with E-state index in [0.29, 0.717) is 6.42 Å². The molecule has 0 radical (unpaired) electrons. The third-order valence-electron chi connectivity index (χ3n) is 5.10. The molecular weight excluding hydrogens is 282 g/mol. The minimum atomic E-state index is -1.44. The van der Waals surface area contributed by atoms with Crippen LogP contribution in [0.15, 0.2) is 60.7 Å². The van der Waals surface area contributed by atoms with Crippen molar-refractivity contribution in [2.24, 2.45) is 11.8 Å². The predicted octanol–water partition coefficient (Wildman–Crippen LogP) is 4.44. The monoisotopic (exact) mass is 310 g/mol. The fraction of sp³-hybridized carbons (Fsp3) is 0.429. The Hall–Kier alpha value is -1.64. The summed E-state index contributed by atoms with van der Waals surface area (Å²) < 4.78 is 8.69. The molecule has 23 heavy (non-hydrogen) atoms. The molecule has 1 fully saturated rings. The predicted molar refractivity (Wildman–Crippen MR) is 95.1 cm³/mol. The number of likely N-dealkylation sites (tertiary alicyclic amines) is 1. The summed E-state index contributed by atoms with van der Waals surface area (Å²) in [5, 5.41) is 11.0. The zero-order valence-electron chi connectivity index (χ0n) is 15.2. The van der Waals surface area contributed by atoms with E-state index < -0.39 is 6.08 Å². The highest BCUT2D eigenvalue weighted by Gasteiger charge is 2.43. The van der Waals surface area contributed by atoms with Crippen LogP contribution < -0.4 is 0 Å². The van der Waals surface area contributed by atoms with Gasteiger partial charge in [0.25, 0.3) is 0 Å². The summed E-state index contributed by atoms with van der Waals surface area (Å²) in [7, 11) is 2.12. The van der Waals surface area contributed by atoms with E-state index in [1.54, 1.807) is 0 Å². The second-order valence-electron chi connectivity index (χ2n) is 6.91. The Morgan fingerprint density at radius 3 is 2.04 bits per heavy atom. The van der Waals surface area contributed by atoms with Crippen LogP contribution in [0.5, 0.6) is 0 Å². The van der Waals surface area contributed by atoms with Crippen LogP contribution in [0.3, 0.4) is 0 Å². The lowest BCUT2D eigenvalue weighted by molar-refractivity contribution is -0.0587. The fourth-order valence-corrected chi connectivity index (χ4v) is 3.98. The van der Waals surface area contributed by atoms with Gasteiger partial charge in [0.2, 0.25) is 0 Å². The summed E-state index contributed by atoms with van der Waals surface area (Å²) in [4.78, 5) is 2.35. The summed E-state index contributed by atoms with van der Waals surface area (Å²) in [5.74, 6) is 0.0849. The van der Waals surface area contributed by atoms with Gasteiger partial charge in [0.15, 0.2) is 0 Å². The van der Waals surface area contributed by atoms with E-state index in [9.17, 15) is 5.11 Å². The van der Waals surface area contributed by atoms with Crippen LogP contribution >= 0.6 is 0 Å². The van der Waals surface area contributed by atoms with Crippen molar-refractivity contribution in [1.29, 1.82) is 0 Å². The molecule has 1 aliphatic rings. The van der Waals surface area contributed by atoms with Gasteiger partial charge in [-0.15, -0.1) is 0 Å². The van der Waals surface area contributed by atoms with Crippen LogP contribution in [0.1, 0.15) is 44.8 Å². The summed E-state index contributed by atoms with van der Waals surface area (Å²) >= 11 is 0. The fourth-order valence-electron chi connectivity index (χ4n) is 3.98. The number of rotatable bonds is 3. The van der Waals surface area contributed by atoms with Crippen molar-refractivity contribution >= 4 is 0 Å². The third-order valence-corrected chi connectivity index (χ3v) is 5.10. The molecule has 0 bridgehead atoms. The van der Waals surface area contributed by atoms with Gasteiger partial charge in [0, 0.05) is 18.0 Å². The summed E-state index contributed by atoms with van der Waals surface area (Å²) in [6, 6.07) is 20.6. The Morgan fingerprint density at radius 2 is 1.52 bits per heavy atom. The smallest absolute Gasteiger partial charge is 0.0607 e. The van der Waals surface area contributed by atoms with Crippen molar-refractivity contribution < 1.29 is 6.48 Å². The van der Waals surface area contributed by atoms with Crippen LogP contribution in [-0.2, 0) is 0 Å². The number of nitrogens with zero attached hydrogens (tertiary/aromatic N) is 1. The van der Waals surface area contributed by atoms with Gasteiger partial charge >= 0.3 is 0 Å². The standard InChI is InChI=1S/C21H27NO/c1-15(2)20-19(23)14-18(16-10-6-4-7-11-16)22(3)21(20)17-12-8-5-9-13-17/h4-13,15,18-21,23H,14H2,1-3H3/t18-,19-,20+,21-/m0/s1/i19D. The molecule has 1 saturated heterocycles. The lowest BCUT2D eigenvalue weighted by atomic mass is 9.73. The Morgan fingerprint density at radius 1 is 1.00 bits per heavy atom. The molecule has 1 aliphatic heterocycles. The SMILES string of the molecule is [2H][C@]1(O)C[C@@H](c2ccccc2)N(C)[C@@H](c2ccccc2)[C@@H]1C(C)C. The second-order valence-corrected chi connectivity index (χ2v) is 6.91. The van der Waals surface area contributed by atoms with E-state index in [-0.39, 0.29) is 23.9 Å². The first-order valence-electron chi connectivity index (χ1n) is 8.96. The highest BCUT2D eigenvalue weighted by Crippen LogP contribution is 2.46. The molecule has 1 N–H and O–H groups in total. The number of benzene rings is 2. The molecular formula is C21H27NO. The molecule has 2 aromatic rings. The van der Waals surface area contributed by atoms with Gasteiger partial charge in [-0.05, 0) is 30.5 Å². The molecule has 3 rings (SSSR count). The van der Waals surface area contributed by atoms with Gasteiger partial charge < -0.3 is 5.11 Å². The lowest BCUT2D eigenvalue weighted by Crippen LogP contribution is -2.47. The van der Waals surface area contributed by atoms with Gasteiger partial charge in [0.1, 0.15) is 0 Å². The van der Waals surface area contributed by atoms with Gasteiger partial charge in [-0.2, -0.15) is 0 Å². The third kappa shape index (κ3) is 3.19. The first-order valence-corrected chi connectivity index (χ1v) is 8.46. The van der Waals surface area contributed by atoms with E-state index in [4.69, 9.17) is 1.37 Å². The Balaban J connectivity index is 2.07. The maximum atomic E-state index is 11.0. The van der Waals surface area contributed by atoms with Crippen molar-refractivity contribution in [1.82, 2.24) is 4.90 Å². The summed E-state index contributed by atoms with van der Waals surface area (Å²) in [6.45, 7) is 4.22. The van der Waals surface area contributed by atoms with Gasteiger partial charge in [-0.1, -0.05) is 74.5 Å². The van der Waals surface area contributed by atoms with E-state index in [1.165, 1.54) is 5.56 Å². The number of aliphatic hydroxyl groups is 1. The Labute approximate surface area is 141 Å². The van der Waals surface area contributed by atoms with Crippen molar-refractivity contribution in [3.05, 3.63) is 71.8 Å². The quantitative estimate of drug-likeness (QED) is 0.906. The van der Waals surface area contributed by atoms with Crippen LogP contribution in [-0.4, -0.2) is 23.1 Å². The van der Waals surface area contributed by atoms with Crippen molar-refractivity contribution in [3.8, 4) is 0 Å². The highest BCUT2D eigenvalue weighted by molar-refractivity contribution is 5.25. The maximum absolute atomic E-state index is 11.0. The Kier molecular flexibility index (Phi) is 4.45. The minimum absolute atomic E-state index is 0.0210. The van der Waals surface area contributed by atoms with Gasteiger partial charge in [0.05, 0.1) is 7.45 Å². The maximum Gasteiger partial charge on any atom is 0.0607 e. The molecule has 4 atom stereocenters. The summed E-state index contributed by atoms with van der Waals surface area (Å²) in [6.07, 6.45) is -1.01. The summed E-state index contributed by atoms with van der Waals surface area (Å²) in [5.41, 5.74) is 2.33. The molecule has 0 aromatic heterocycles. The van der Waals surface area contributed by atoms with E-state index >= 15 is 0 Å². The van der Waals surface area contributed by atoms with Crippen LogP contribution in [0.25, 0.3) is 0 Å². The lowest BCUT2D eigenvalue weighted by Gasteiger charge is -2.49. The van der Waals surface area contributed by atoms with Gasteiger partial charge in [-0.25, -0.2) is 0 Å². The first kappa shape index (κ1) is 14.9. The highest BCUT2D eigenvalue weighted by atomic mass is 16.3. The van der Waals surface area contributed by atoms with Crippen LogP contribution in [0, 0.1) is 11.8 Å². The van der Waals surface area contributed by atoms with Crippen molar-refractivity contribution in [2.75, 3.05) is 7.05 Å². The molecule has 2 aromatic carbocycles. The molecule has 122 valence electrons. The van der Waals surface area contributed by atoms with Crippen LogP contribution in [0.4, 0.5) is 0 Å². The normalized spacial score (nSPS) is 32.7. The van der Waals surface area contributed by atoms with E-state index in [2.05, 4.69) is 50.1 Å². The minimum Gasteiger partial charge on any atom is -0.393 e. The van der Waals surface area contributed by atoms with E-state index in [1.807, 2.05) is 36.4 Å². The number of hydrogen-bond acceptors (Lipinski definition) is 2. The molecule has 2 heteroatoms. The average molecular weight is 310 g/mol. The molecule has 2 nitrogen and oxygen atoms in total. The number of hydrogen-bond donors (Lipinski definition) is 1. The van der Waals surface area contributed by atoms with Crippen molar-refractivity contribution in [3.63, 3.8) is 0 Å². The Bertz CT molecular complexity index is 656. The molecule has 0 amide bonds.